The minimum absolute atomic E-state index is 0.0351. The number of benzene rings is 2. The van der Waals surface area contributed by atoms with E-state index in [2.05, 4.69) is 27.8 Å². The Morgan fingerprint density at radius 3 is 2.30 bits per heavy atom. The number of amidine groups is 1. The molecule has 216 valence electrons. The first-order valence-electron chi connectivity index (χ1n) is 12.2. The zero-order chi connectivity index (χ0) is 29.8. The van der Waals surface area contributed by atoms with Crippen LogP contribution in [0.15, 0.2) is 58.4 Å². The molecule has 0 bridgehead atoms. The average Bonchev–Trinajstić information content (AvgIpc) is 3.46. The molecule has 2 aromatic carbocycles. The lowest BCUT2D eigenvalue weighted by atomic mass is 10.1. The van der Waals surface area contributed by atoms with E-state index in [0.29, 0.717) is 31.5 Å². The van der Waals surface area contributed by atoms with Crippen molar-refractivity contribution in [2.24, 2.45) is 4.99 Å². The highest BCUT2D eigenvalue weighted by molar-refractivity contribution is 7.91. The van der Waals surface area contributed by atoms with Crippen molar-refractivity contribution in [3.63, 3.8) is 0 Å². The molecule has 0 fully saturated rings. The number of nitrogens with zero attached hydrogens (tertiary/aromatic N) is 3. The first-order chi connectivity index (χ1) is 18.8. The van der Waals surface area contributed by atoms with Gasteiger partial charge < -0.3 is 20.6 Å². The van der Waals surface area contributed by atoms with Gasteiger partial charge in [-0.1, -0.05) is 24.3 Å². The Labute approximate surface area is 230 Å². The molecule has 10 nitrogen and oxygen atoms in total. The number of nitriles is 1. The van der Waals surface area contributed by atoms with Crippen LogP contribution in [0.25, 0.3) is 0 Å². The molecule has 1 heterocycles. The summed E-state index contributed by atoms with van der Waals surface area (Å²) in [4.78, 5) is 27.6. The highest BCUT2D eigenvalue weighted by Gasteiger charge is 2.38. The van der Waals surface area contributed by atoms with Crippen LogP contribution in [0, 0.1) is 11.3 Å². The van der Waals surface area contributed by atoms with E-state index in [1.54, 1.807) is 11.9 Å². The monoisotopic (exact) mass is 581 g/mol. The van der Waals surface area contributed by atoms with E-state index in [1.807, 2.05) is 18.2 Å². The summed E-state index contributed by atoms with van der Waals surface area (Å²) in [6.07, 6.45) is -3.41. The molecule has 0 unspecified atom stereocenters. The van der Waals surface area contributed by atoms with Gasteiger partial charge in [0.2, 0.25) is 5.91 Å². The fraction of sp³-hybridized carbons (Fsp3) is 0.385. The molecule has 1 aliphatic rings. The number of carboxylic acids is 1. The highest BCUT2D eigenvalue weighted by Crippen LogP contribution is 2.13. The molecule has 3 N–H and O–H groups in total. The van der Waals surface area contributed by atoms with Gasteiger partial charge in [0.1, 0.15) is 11.7 Å². The Bertz CT molecular complexity index is 1320. The van der Waals surface area contributed by atoms with Gasteiger partial charge in [-0.2, -0.15) is 18.4 Å². The number of alkyl halides is 3. The van der Waals surface area contributed by atoms with E-state index < -0.39 is 22.0 Å². The van der Waals surface area contributed by atoms with Crippen LogP contribution in [0.1, 0.15) is 29.5 Å². The first-order valence-corrected chi connectivity index (χ1v) is 13.8. The predicted octanol–water partition coefficient (Wildman–Crippen LogP) is 2.34. The summed E-state index contributed by atoms with van der Waals surface area (Å²) in [5.41, 5.74) is 2.65. The molecular weight excluding hydrogens is 551 g/mol. The third-order valence-corrected chi connectivity index (χ3v) is 7.26. The number of nitrogens with one attached hydrogen (secondary N) is 2. The molecular formula is C26H30F3N5O5S. The highest BCUT2D eigenvalue weighted by atomic mass is 32.2. The molecule has 0 saturated heterocycles. The van der Waals surface area contributed by atoms with E-state index in [1.165, 1.54) is 24.3 Å². The molecule has 1 amide bonds. The lowest BCUT2D eigenvalue weighted by molar-refractivity contribution is -0.192. The van der Waals surface area contributed by atoms with Crippen LogP contribution >= 0.6 is 0 Å². The Balaban J connectivity index is 0.000000708. The summed E-state index contributed by atoms with van der Waals surface area (Å²) >= 11 is 0. The van der Waals surface area contributed by atoms with Crippen LogP contribution in [-0.2, 0) is 25.8 Å². The van der Waals surface area contributed by atoms with Crippen molar-refractivity contribution in [2.75, 3.05) is 39.1 Å². The van der Waals surface area contributed by atoms with Gasteiger partial charge in [0, 0.05) is 32.1 Å². The van der Waals surface area contributed by atoms with Crippen molar-refractivity contribution in [3.05, 3.63) is 65.2 Å². The van der Waals surface area contributed by atoms with Crippen LogP contribution in [0.4, 0.5) is 13.2 Å². The molecule has 0 saturated carbocycles. The Morgan fingerprint density at radius 2 is 1.77 bits per heavy atom. The topological polar surface area (TPSA) is 152 Å². The largest absolute Gasteiger partial charge is 0.490 e. The number of carbonyl (C=O) groups is 2. The molecule has 3 rings (SSSR count). The summed E-state index contributed by atoms with van der Waals surface area (Å²) in [7, 11) is -1.69. The standard InChI is InChI=1S/C24H29N5O3S.C2HF3O2/c1-29(16-12-19-4-8-21(9-5-19)24-27-14-15-28-24)23(30)3-2-13-26-18-33(31,32)22-10-6-20(17-25)7-11-22;3-2(4,5)1(6)7/h4-11,26H,2-3,12-16,18H2,1H3,(H,27,28);(H,6,7). The quantitative estimate of drug-likeness (QED) is 0.342. The van der Waals surface area contributed by atoms with Crippen molar-refractivity contribution >= 4 is 27.5 Å². The van der Waals surface area contributed by atoms with Gasteiger partial charge in [0.05, 0.1) is 23.1 Å². The maximum atomic E-state index is 12.4. The second-order valence-electron chi connectivity index (χ2n) is 8.72. The van der Waals surface area contributed by atoms with E-state index >= 15 is 0 Å². The third kappa shape index (κ3) is 10.7. The predicted molar refractivity (Wildman–Crippen MR) is 141 cm³/mol. The van der Waals surface area contributed by atoms with Crippen molar-refractivity contribution < 1.29 is 36.3 Å². The third-order valence-electron chi connectivity index (χ3n) is 5.68. The summed E-state index contributed by atoms with van der Waals surface area (Å²) in [6.45, 7) is 2.74. The zero-order valence-corrected chi connectivity index (χ0v) is 22.6. The SMILES string of the molecule is CN(CCc1ccc(C2=NCCN2)cc1)C(=O)CCCNCS(=O)(=O)c1ccc(C#N)cc1.O=C(O)C(F)(F)F. The zero-order valence-electron chi connectivity index (χ0n) is 21.7. The number of aliphatic imine (C=N–C) groups is 1. The van der Waals surface area contributed by atoms with Gasteiger partial charge in [0.15, 0.2) is 9.84 Å². The molecule has 0 aromatic heterocycles. The van der Waals surface area contributed by atoms with Crippen molar-refractivity contribution in [1.29, 1.82) is 5.26 Å². The number of amides is 1. The minimum Gasteiger partial charge on any atom is -0.475 e. The molecule has 0 spiro atoms. The average molecular weight is 582 g/mol. The van der Waals surface area contributed by atoms with E-state index in [0.717, 1.165) is 36.5 Å². The van der Waals surface area contributed by atoms with Gasteiger partial charge in [-0.05, 0) is 49.2 Å². The van der Waals surface area contributed by atoms with Crippen LogP contribution in [0.2, 0.25) is 0 Å². The van der Waals surface area contributed by atoms with Crippen molar-refractivity contribution in [1.82, 2.24) is 15.5 Å². The second-order valence-corrected chi connectivity index (χ2v) is 10.7. The maximum Gasteiger partial charge on any atom is 0.490 e. The van der Waals surface area contributed by atoms with Crippen LogP contribution < -0.4 is 10.6 Å². The minimum atomic E-state index is -5.08. The number of hydrogen-bond acceptors (Lipinski definition) is 8. The first kappa shape index (κ1) is 32.3. The normalized spacial score (nSPS) is 12.8. The molecule has 0 aliphatic carbocycles. The molecule has 40 heavy (non-hydrogen) atoms. The van der Waals surface area contributed by atoms with Gasteiger partial charge >= 0.3 is 12.1 Å². The number of rotatable bonds is 11. The van der Waals surface area contributed by atoms with E-state index in [4.69, 9.17) is 15.2 Å². The van der Waals surface area contributed by atoms with Crippen molar-refractivity contribution in [2.45, 2.75) is 30.3 Å². The van der Waals surface area contributed by atoms with E-state index in [9.17, 15) is 26.4 Å². The number of aliphatic carboxylic acids is 1. The number of hydrogen-bond donors (Lipinski definition) is 3. The lowest BCUT2D eigenvalue weighted by Gasteiger charge is -2.17. The number of carbonyl (C=O) groups excluding carboxylic acids is 1. The maximum absolute atomic E-state index is 12.4. The van der Waals surface area contributed by atoms with Gasteiger partial charge in [0.25, 0.3) is 0 Å². The van der Waals surface area contributed by atoms with E-state index in [-0.39, 0.29) is 16.7 Å². The van der Waals surface area contributed by atoms with Crippen LogP contribution in [0.5, 0.6) is 0 Å². The molecule has 0 radical (unpaired) electrons. The summed E-state index contributed by atoms with van der Waals surface area (Å²) in [6, 6.07) is 16.0. The van der Waals surface area contributed by atoms with Gasteiger partial charge in [-0.3, -0.25) is 9.79 Å². The number of likely N-dealkylation sites (N-methyl/N-ethyl adjacent to an activating group) is 1. The fourth-order valence-electron chi connectivity index (χ4n) is 3.42. The number of carboxylic acid groups (broad SMARTS) is 1. The number of sulfone groups is 1. The Kier molecular flexibility index (Phi) is 12.1. The Morgan fingerprint density at radius 1 is 1.15 bits per heavy atom. The van der Waals surface area contributed by atoms with Crippen molar-refractivity contribution in [3.8, 4) is 6.07 Å². The number of halogens is 3. The molecule has 14 heteroatoms. The van der Waals surface area contributed by atoms with Gasteiger partial charge in [-0.25, -0.2) is 13.2 Å². The molecule has 1 aliphatic heterocycles. The Hall–Kier alpha value is -3.96. The fourth-order valence-corrected chi connectivity index (χ4v) is 4.55. The molecule has 0 atom stereocenters. The smallest absolute Gasteiger partial charge is 0.475 e. The van der Waals surface area contributed by atoms with Crippen LogP contribution in [0.3, 0.4) is 0 Å². The summed E-state index contributed by atoms with van der Waals surface area (Å²) < 4.78 is 56.4. The molecule has 2 aromatic rings. The lowest BCUT2D eigenvalue weighted by Crippen LogP contribution is -2.30. The second kappa shape index (κ2) is 15.0. The summed E-state index contributed by atoms with van der Waals surface area (Å²) in [5, 5.41) is 22.1. The van der Waals surface area contributed by atoms with Gasteiger partial charge in [-0.15, -0.1) is 0 Å². The summed E-state index contributed by atoms with van der Waals surface area (Å²) in [5.74, 6) is -1.99. The van der Waals surface area contributed by atoms with Crippen LogP contribution in [-0.4, -0.2) is 81.4 Å².